The lowest BCUT2D eigenvalue weighted by Crippen LogP contribution is -2.34. The van der Waals surface area contributed by atoms with Crippen molar-refractivity contribution in [3.63, 3.8) is 0 Å². The van der Waals surface area contributed by atoms with E-state index in [2.05, 4.69) is 0 Å². The van der Waals surface area contributed by atoms with Crippen molar-refractivity contribution in [3.8, 4) is 0 Å². The van der Waals surface area contributed by atoms with Crippen LogP contribution in [-0.2, 0) is 19.6 Å². The van der Waals surface area contributed by atoms with Gasteiger partial charge in [0.2, 0.25) is 0 Å². The van der Waals surface area contributed by atoms with Gasteiger partial charge in [0, 0.05) is 0 Å². The molecule has 108 valence electrons. The van der Waals surface area contributed by atoms with Gasteiger partial charge in [-0.1, -0.05) is 20.8 Å². The summed E-state index contributed by atoms with van der Waals surface area (Å²) in [6.45, 7) is 10.1. The van der Waals surface area contributed by atoms with Crippen LogP contribution in [0.5, 0.6) is 0 Å². The summed E-state index contributed by atoms with van der Waals surface area (Å²) in [5.41, 5.74) is -1.03. The van der Waals surface area contributed by atoms with E-state index in [1.165, 1.54) is 0 Å². The van der Waals surface area contributed by atoms with Gasteiger partial charge in [0.05, 0.1) is 10.7 Å². The molecule has 0 saturated carbocycles. The van der Waals surface area contributed by atoms with Crippen molar-refractivity contribution in [1.82, 2.24) is 0 Å². The number of carbonyl (C=O) groups excluding carboxylic acids is 1. The van der Waals surface area contributed by atoms with E-state index in [4.69, 9.17) is 4.74 Å². The molecule has 0 radical (unpaired) electrons. The second kappa shape index (κ2) is 5.57. The van der Waals surface area contributed by atoms with Crippen molar-refractivity contribution in [1.29, 1.82) is 0 Å². The van der Waals surface area contributed by atoms with Gasteiger partial charge in [0.1, 0.15) is 16.7 Å². The average Bonchev–Trinajstić information content (AvgIpc) is 2.06. The molecule has 0 N–H and O–H groups in total. The molecule has 0 aliphatic rings. The Morgan fingerprint density at radius 1 is 1.17 bits per heavy atom. The maximum absolute atomic E-state index is 11.5. The van der Waals surface area contributed by atoms with E-state index in [0.29, 0.717) is 0 Å². The number of hydrogen-bond donors (Lipinski definition) is 0. The van der Waals surface area contributed by atoms with E-state index in [9.17, 15) is 17.8 Å². The van der Waals surface area contributed by atoms with Crippen LogP contribution >= 0.6 is 0 Å². The molecule has 0 aromatic rings. The van der Waals surface area contributed by atoms with Gasteiger partial charge < -0.3 is 9.29 Å². The first-order valence-electron chi connectivity index (χ1n) is 5.85. The summed E-state index contributed by atoms with van der Waals surface area (Å²) < 4.78 is 38.3. The van der Waals surface area contributed by atoms with Crippen LogP contribution in [0.4, 0.5) is 0 Å². The van der Waals surface area contributed by atoms with E-state index in [-0.39, 0.29) is 18.4 Å². The lowest BCUT2D eigenvalue weighted by Gasteiger charge is -2.28. The Labute approximate surface area is 110 Å². The summed E-state index contributed by atoms with van der Waals surface area (Å²) in [5, 5.41) is -1.19. The normalized spacial score (nSPS) is 15.3. The fraction of sp³-hybridized carbons (Fsp3) is 0.917. The zero-order valence-electron chi connectivity index (χ0n) is 11.9. The Morgan fingerprint density at radius 3 is 1.89 bits per heavy atom. The molecule has 0 aromatic heterocycles. The lowest BCUT2D eigenvalue weighted by atomic mass is 9.90. The molecule has 5 nitrogen and oxygen atoms in total. The summed E-state index contributed by atoms with van der Waals surface area (Å²) in [6, 6.07) is 0. The van der Waals surface area contributed by atoms with Gasteiger partial charge >= 0.3 is 5.97 Å². The van der Waals surface area contributed by atoms with Crippen LogP contribution < -0.4 is 0 Å². The lowest BCUT2D eigenvalue weighted by molar-refractivity contribution is -0.153. The second-order valence-corrected chi connectivity index (χ2v) is 8.38. The smallest absolute Gasteiger partial charge is 0.311 e. The summed E-state index contributed by atoms with van der Waals surface area (Å²) in [7, 11) is -4.47. The standard InChI is InChI=1S/C12H24O5S/c1-11(2,3)7-9(18(14,15)16)8-17-10(13)12(4,5)6/h9H,7-8H2,1-6H3,(H,14,15,16)/p-1. The van der Waals surface area contributed by atoms with Crippen LogP contribution in [0.15, 0.2) is 0 Å². The van der Waals surface area contributed by atoms with Crippen LogP contribution in [-0.4, -0.2) is 30.8 Å². The van der Waals surface area contributed by atoms with Gasteiger partial charge in [0.15, 0.2) is 0 Å². The fourth-order valence-corrected chi connectivity index (χ4v) is 2.25. The maximum atomic E-state index is 11.5. The highest BCUT2D eigenvalue weighted by molar-refractivity contribution is 7.86. The minimum Gasteiger partial charge on any atom is -0.748 e. The minimum atomic E-state index is -4.47. The molecule has 6 heteroatoms. The van der Waals surface area contributed by atoms with E-state index in [1.54, 1.807) is 20.8 Å². The summed E-state index contributed by atoms with van der Waals surface area (Å²) in [6.07, 6.45) is 0.163. The van der Waals surface area contributed by atoms with Gasteiger partial charge in [-0.15, -0.1) is 0 Å². The van der Waals surface area contributed by atoms with E-state index >= 15 is 0 Å². The van der Waals surface area contributed by atoms with Gasteiger partial charge in [-0.25, -0.2) is 8.42 Å². The zero-order chi connectivity index (χ0) is 14.8. The Morgan fingerprint density at radius 2 is 1.61 bits per heavy atom. The molecule has 0 saturated heterocycles. The second-order valence-electron chi connectivity index (χ2n) is 6.73. The molecule has 1 unspecified atom stereocenters. The molecule has 0 rings (SSSR count). The van der Waals surface area contributed by atoms with Gasteiger partial charge in [-0.05, 0) is 32.6 Å². The van der Waals surface area contributed by atoms with Crippen LogP contribution in [0.2, 0.25) is 0 Å². The first-order chi connectivity index (χ1) is 7.73. The quantitative estimate of drug-likeness (QED) is 0.580. The molecule has 0 fully saturated rings. The first-order valence-corrected chi connectivity index (χ1v) is 7.32. The van der Waals surface area contributed by atoms with Crippen molar-refractivity contribution in [2.75, 3.05) is 6.61 Å². The van der Waals surface area contributed by atoms with Crippen molar-refractivity contribution in [2.24, 2.45) is 10.8 Å². The van der Waals surface area contributed by atoms with Gasteiger partial charge in [-0.2, -0.15) is 0 Å². The Balaban J connectivity index is 4.71. The van der Waals surface area contributed by atoms with Crippen molar-refractivity contribution >= 4 is 16.1 Å². The predicted molar refractivity (Wildman–Crippen MR) is 68.0 cm³/mol. The Kier molecular flexibility index (Phi) is 5.38. The molecule has 0 heterocycles. The minimum absolute atomic E-state index is 0.163. The molecule has 1 atom stereocenters. The Hall–Kier alpha value is -0.620. The summed E-state index contributed by atoms with van der Waals surface area (Å²) in [5.74, 6) is -0.509. The number of carbonyl (C=O) groups is 1. The molecule has 0 aromatic carbocycles. The number of ether oxygens (including phenoxy) is 1. The number of hydrogen-bond acceptors (Lipinski definition) is 5. The van der Waals surface area contributed by atoms with Gasteiger partial charge in [-0.3, -0.25) is 4.79 Å². The average molecular weight is 279 g/mol. The van der Waals surface area contributed by atoms with E-state index in [1.807, 2.05) is 20.8 Å². The highest BCUT2D eigenvalue weighted by atomic mass is 32.2. The summed E-state index contributed by atoms with van der Waals surface area (Å²) >= 11 is 0. The number of rotatable bonds is 4. The highest BCUT2D eigenvalue weighted by Gasteiger charge is 2.28. The molecule has 18 heavy (non-hydrogen) atoms. The largest absolute Gasteiger partial charge is 0.748 e. The molecule has 0 spiro atoms. The van der Waals surface area contributed by atoms with Crippen LogP contribution in [0, 0.1) is 10.8 Å². The van der Waals surface area contributed by atoms with E-state index < -0.39 is 26.8 Å². The molecular formula is C12H23O5S-. The molecule has 0 amide bonds. The third-order valence-electron chi connectivity index (χ3n) is 2.26. The predicted octanol–water partition coefficient (Wildman–Crippen LogP) is 1.93. The maximum Gasteiger partial charge on any atom is 0.311 e. The van der Waals surface area contributed by atoms with Crippen molar-refractivity contribution < 1.29 is 22.5 Å². The number of esters is 1. The van der Waals surface area contributed by atoms with Crippen LogP contribution in [0.25, 0.3) is 0 Å². The monoisotopic (exact) mass is 279 g/mol. The third kappa shape index (κ3) is 6.96. The van der Waals surface area contributed by atoms with Crippen LogP contribution in [0.3, 0.4) is 0 Å². The van der Waals surface area contributed by atoms with Crippen LogP contribution in [0.1, 0.15) is 48.0 Å². The van der Waals surface area contributed by atoms with E-state index in [0.717, 1.165) is 0 Å². The van der Waals surface area contributed by atoms with Crippen molar-refractivity contribution in [2.45, 2.75) is 53.2 Å². The SMILES string of the molecule is CC(C)(C)CC(COC(=O)C(C)(C)C)S(=O)(=O)[O-]. The Bertz CT molecular complexity index is 384. The summed E-state index contributed by atoms with van der Waals surface area (Å²) in [4.78, 5) is 11.5. The molecular weight excluding hydrogens is 256 g/mol. The first kappa shape index (κ1) is 17.4. The molecule has 0 aliphatic carbocycles. The zero-order valence-corrected chi connectivity index (χ0v) is 12.8. The van der Waals surface area contributed by atoms with Crippen molar-refractivity contribution in [3.05, 3.63) is 0 Å². The molecule has 0 aliphatic heterocycles. The topological polar surface area (TPSA) is 83.5 Å². The highest BCUT2D eigenvalue weighted by Crippen LogP contribution is 2.25. The third-order valence-corrected chi connectivity index (χ3v) is 3.38. The fourth-order valence-electron chi connectivity index (χ4n) is 1.31. The van der Waals surface area contributed by atoms with Gasteiger partial charge in [0.25, 0.3) is 0 Å². The molecule has 0 bridgehead atoms.